The summed E-state index contributed by atoms with van der Waals surface area (Å²) in [5.41, 5.74) is 2.68. The van der Waals surface area contributed by atoms with E-state index in [1.807, 2.05) is 18.2 Å². The van der Waals surface area contributed by atoms with E-state index in [-0.39, 0.29) is 11.6 Å². The van der Waals surface area contributed by atoms with Gasteiger partial charge in [0.25, 0.3) is 11.6 Å². The van der Waals surface area contributed by atoms with Gasteiger partial charge in [-0.25, -0.2) is 4.98 Å². The number of furan rings is 1. The number of nitrogens with one attached hydrogen (secondary N) is 1. The Hall–Kier alpha value is -3.85. The number of fused-ring (bicyclic) bond motifs is 1. The molecule has 0 saturated carbocycles. The first kappa shape index (κ1) is 24.3. The van der Waals surface area contributed by atoms with Crippen molar-refractivity contribution >= 4 is 17.0 Å². The molecule has 0 unspecified atom stereocenters. The zero-order chi connectivity index (χ0) is 24.8. The molecule has 1 amide bonds. The Kier molecular flexibility index (Phi) is 7.67. The van der Waals surface area contributed by atoms with Crippen LogP contribution in [-0.2, 0) is 6.54 Å². The van der Waals surface area contributed by atoms with Crippen LogP contribution in [0.15, 0.2) is 51.6 Å². The smallest absolute Gasteiger partial charge is 0.259 e. The second kappa shape index (κ2) is 11.1. The average Bonchev–Trinajstić information content (AvgIpc) is 3.55. The third kappa shape index (κ3) is 5.46. The number of carbonyl (C=O) groups is 1. The lowest BCUT2D eigenvalue weighted by Crippen LogP contribution is -2.28. The molecular weight excluding hydrogens is 448 g/mol. The first-order chi connectivity index (χ1) is 17.0. The van der Waals surface area contributed by atoms with Gasteiger partial charge in [-0.15, -0.1) is 0 Å². The minimum Gasteiger partial charge on any atom is -0.493 e. The molecule has 0 fully saturated rings. The van der Waals surface area contributed by atoms with E-state index in [1.165, 1.54) is 0 Å². The van der Waals surface area contributed by atoms with Crippen LogP contribution >= 0.6 is 0 Å². The summed E-state index contributed by atoms with van der Waals surface area (Å²) < 4.78 is 22.2. The van der Waals surface area contributed by atoms with E-state index in [4.69, 9.17) is 18.4 Å². The maximum absolute atomic E-state index is 13.2. The third-order valence-corrected chi connectivity index (χ3v) is 5.88. The van der Waals surface area contributed by atoms with E-state index in [0.717, 1.165) is 25.2 Å². The van der Waals surface area contributed by atoms with Crippen LogP contribution < -0.4 is 14.8 Å². The summed E-state index contributed by atoms with van der Waals surface area (Å²) in [6.07, 6.45) is 1.55. The Morgan fingerprint density at radius 3 is 2.69 bits per heavy atom. The number of benzene rings is 1. The van der Waals surface area contributed by atoms with E-state index in [9.17, 15) is 4.79 Å². The fourth-order valence-corrected chi connectivity index (χ4v) is 3.87. The van der Waals surface area contributed by atoms with Gasteiger partial charge < -0.3 is 28.6 Å². The fraction of sp³-hybridized carbons (Fsp3) is 0.346. The number of amides is 1. The number of pyridine rings is 1. The van der Waals surface area contributed by atoms with Crippen LogP contribution in [-0.4, -0.2) is 54.3 Å². The number of aromatic nitrogens is 2. The van der Waals surface area contributed by atoms with Crippen molar-refractivity contribution in [2.45, 2.75) is 27.3 Å². The van der Waals surface area contributed by atoms with Gasteiger partial charge in [0.15, 0.2) is 17.3 Å². The summed E-state index contributed by atoms with van der Waals surface area (Å²) in [7, 11) is 1.60. The Labute approximate surface area is 204 Å². The average molecular weight is 479 g/mol. The summed E-state index contributed by atoms with van der Waals surface area (Å²) in [6, 6.07) is 10.9. The number of nitrogens with zero attached hydrogens (tertiary/aromatic N) is 3. The van der Waals surface area contributed by atoms with Gasteiger partial charge >= 0.3 is 0 Å². The van der Waals surface area contributed by atoms with Crippen molar-refractivity contribution in [3.63, 3.8) is 0 Å². The predicted molar refractivity (Wildman–Crippen MR) is 132 cm³/mol. The Morgan fingerprint density at radius 2 is 1.97 bits per heavy atom. The summed E-state index contributed by atoms with van der Waals surface area (Å²) in [5.74, 6) is 1.57. The van der Waals surface area contributed by atoms with Crippen LogP contribution in [0.3, 0.4) is 0 Å². The molecule has 184 valence electrons. The molecule has 0 spiro atoms. The molecule has 3 heterocycles. The molecule has 0 saturated heterocycles. The van der Waals surface area contributed by atoms with Crippen LogP contribution in [0.2, 0.25) is 0 Å². The first-order valence-corrected chi connectivity index (χ1v) is 11.6. The van der Waals surface area contributed by atoms with Crippen molar-refractivity contribution in [1.29, 1.82) is 0 Å². The molecule has 1 aromatic carbocycles. The molecule has 35 heavy (non-hydrogen) atoms. The minimum absolute atomic E-state index is 0.268. The van der Waals surface area contributed by atoms with Crippen LogP contribution in [0, 0.1) is 6.92 Å². The van der Waals surface area contributed by atoms with Crippen LogP contribution in [0.25, 0.3) is 22.6 Å². The van der Waals surface area contributed by atoms with E-state index in [2.05, 4.69) is 34.2 Å². The van der Waals surface area contributed by atoms with Crippen molar-refractivity contribution in [3.8, 4) is 23.0 Å². The van der Waals surface area contributed by atoms with Crippen LogP contribution in [0.5, 0.6) is 11.5 Å². The van der Waals surface area contributed by atoms with Gasteiger partial charge in [-0.2, -0.15) is 0 Å². The highest BCUT2D eigenvalue weighted by atomic mass is 16.5. The first-order valence-electron chi connectivity index (χ1n) is 11.6. The molecule has 3 aromatic heterocycles. The van der Waals surface area contributed by atoms with Gasteiger partial charge in [0.2, 0.25) is 0 Å². The number of likely N-dealkylation sites (N-methyl/N-ethyl adjacent to an activating group) is 1. The summed E-state index contributed by atoms with van der Waals surface area (Å²) in [5, 5.41) is 7.52. The molecule has 1 N–H and O–H groups in total. The van der Waals surface area contributed by atoms with Crippen molar-refractivity contribution in [3.05, 3.63) is 59.5 Å². The molecule has 9 heteroatoms. The SMILES string of the molecule is CCN(CC)CCOc1ccc(CNC(=O)c2cc(-c3ccco3)nc3onc(C)c23)cc1OC. The highest BCUT2D eigenvalue weighted by molar-refractivity contribution is 6.06. The number of hydrogen-bond donors (Lipinski definition) is 1. The lowest BCUT2D eigenvalue weighted by atomic mass is 10.1. The van der Waals surface area contributed by atoms with Gasteiger partial charge in [-0.3, -0.25) is 4.79 Å². The number of rotatable bonds is 11. The Morgan fingerprint density at radius 1 is 1.14 bits per heavy atom. The zero-order valence-corrected chi connectivity index (χ0v) is 20.5. The molecular formula is C26H30N4O5. The quantitative estimate of drug-likeness (QED) is 0.337. The van der Waals surface area contributed by atoms with Crippen molar-refractivity contribution < 1.29 is 23.2 Å². The zero-order valence-electron chi connectivity index (χ0n) is 20.5. The van der Waals surface area contributed by atoms with Crippen molar-refractivity contribution in [2.24, 2.45) is 0 Å². The van der Waals surface area contributed by atoms with Crippen molar-refractivity contribution in [2.75, 3.05) is 33.4 Å². The van der Waals surface area contributed by atoms with Gasteiger partial charge in [-0.05, 0) is 55.9 Å². The minimum atomic E-state index is -0.268. The lowest BCUT2D eigenvalue weighted by molar-refractivity contribution is 0.0952. The monoisotopic (exact) mass is 478 g/mol. The fourth-order valence-electron chi connectivity index (χ4n) is 3.87. The standard InChI is InChI=1S/C26H30N4O5/c1-5-30(6-2)11-13-34-22-10-9-18(14-23(22)32-4)16-27-25(31)19-15-20(21-8-7-12-33-21)28-26-24(19)17(3)29-35-26/h7-10,12,14-15H,5-6,11,13,16H2,1-4H3,(H,27,31). The number of methoxy groups -OCH3 is 1. The van der Waals surface area contributed by atoms with Gasteiger partial charge in [0.1, 0.15) is 12.3 Å². The van der Waals surface area contributed by atoms with Gasteiger partial charge in [-0.1, -0.05) is 25.1 Å². The molecule has 0 radical (unpaired) electrons. The molecule has 0 bridgehead atoms. The Balaban J connectivity index is 1.48. The topological polar surface area (TPSA) is 103 Å². The van der Waals surface area contributed by atoms with E-state index in [0.29, 0.717) is 52.7 Å². The predicted octanol–water partition coefficient (Wildman–Crippen LogP) is 4.45. The van der Waals surface area contributed by atoms with E-state index < -0.39 is 0 Å². The van der Waals surface area contributed by atoms with E-state index in [1.54, 1.807) is 38.5 Å². The molecule has 9 nitrogen and oxygen atoms in total. The third-order valence-electron chi connectivity index (χ3n) is 5.88. The normalized spacial score (nSPS) is 11.2. The van der Waals surface area contributed by atoms with Gasteiger partial charge in [0, 0.05) is 13.1 Å². The molecule has 0 aliphatic rings. The highest BCUT2D eigenvalue weighted by Crippen LogP contribution is 2.29. The molecule has 4 aromatic rings. The number of carbonyl (C=O) groups excluding carboxylic acids is 1. The number of ether oxygens (including phenoxy) is 2. The molecule has 0 atom stereocenters. The van der Waals surface area contributed by atoms with E-state index >= 15 is 0 Å². The van der Waals surface area contributed by atoms with Crippen LogP contribution in [0.1, 0.15) is 35.5 Å². The highest BCUT2D eigenvalue weighted by Gasteiger charge is 2.20. The van der Waals surface area contributed by atoms with Gasteiger partial charge in [0.05, 0.1) is 30.0 Å². The number of aryl methyl sites for hydroxylation is 1. The summed E-state index contributed by atoms with van der Waals surface area (Å²) in [4.78, 5) is 19.9. The van der Waals surface area contributed by atoms with Crippen molar-refractivity contribution in [1.82, 2.24) is 20.4 Å². The maximum Gasteiger partial charge on any atom is 0.259 e. The summed E-state index contributed by atoms with van der Waals surface area (Å²) >= 11 is 0. The Bertz CT molecular complexity index is 1280. The second-order valence-electron chi connectivity index (χ2n) is 8.02. The second-order valence-corrected chi connectivity index (χ2v) is 8.02. The molecule has 4 rings (SSSR count). The number of hydrogen-bond acceptors (Lipinski definition) is 8. The maximum atomic E-state index is 13.2. The largest absolute Gasteiger partial charge is 0.493 e. The van der Waals surface area contributed by atoms with Crippen LogP contribution in [0.4, 0.5) is 0 Å². The lowest BCUT2D eigenvalue weighted by Gasteiger charge is -2.19. The molecule has 0 aliphatic carbocycles. The molecule has 0 aliphatic heterocycles. The summed E-state index contributed by atoms with van der Waals surface area (Å²) in [6.45, 7) is 9.73.